The van der Waals surface area contributed by atoms with Gasteiger partial charge in [-0.25, -0.2) is 9.97 Å². The Hall–Kier alpha value is -2.10. The Bertz CT molecular complexity index is 571. The first-order chi connectivity index (χ1) is 9.86. The lowest BCUT2D eigenvalue weighted by Gasteiger charge is -2.29. The van der Waals surface area contributed by atoms with Gasteiger partial charge in [0, 0.05) is 25.5 Å². The standard InChI is InChI=1S/C16H19N3O/c1-2-10-20-15-5-4-14-12-19(9-6-13(14)11-15)16-17-7-3-8-18-16/h3-5,7-8,11H,2,6,9-10,12H2,1H3. The Labute approximate surface area is 119 Å². The van der Waals surface area contributed by atoms with Crippen LogP contribution in [0.25, 0.3) is 0 Å². The molecule has 1 aliphatic rings. The molecular formula is C16H19N3O. The lowest BCUT2D eigenvalue weighted by molar-refractivity contribution is 0.317. The summed E-state index contributed by atoms with van der Waals surface area (Å²) >= 11 is 0. The number of rotatable bonds is 4. The largest absolute Gasteiger partial charge is 0.494 e. The molecule has 0 spiro atoms. The van der Waals surface area contributed by atoms with Crippen molar-refractivity contribution in [3.8, 4) is 5.75 Å². The quantitative estimate of drug-likeness (QED) is 0.855. The van der Waals surface area contributed by atoms with E-state index in [9.17, 15) is 0 Å². The zero-order valence-electron chi connectivity index (χ0n) is 11.7. The number of hydrogen-bond donors (Lipinski definition) is 0. The zero-order chi connectivity index (χ0) is 13.8. The maximum absolute atomic E-state index is 5.69. The van der Waals surface area contributed by atoms with Crippen LogP contribution in [0.15, 0.2) is 36.7 Å². The molecule has 0 amide bonds. The molecule has 0 saturated heterocycles. The van der Waals surface area contributed by atoms with Crippen LogP contribution in [0, 0.1) is 0 Å². The van der Waals surface area contributed by atoms with E-state index in [0.29, 0.717) is 0 Å². The van der Waals surface area contributed by atoms with Crippen molar-refractivity contribution in [1.29, 1.82) is 0 Å². The third kappa shape index (κ3) is 2.74. The number of anilines is 1. The lowest BCUT2D eigenvalue weighted by Crippen LogP contribution is -2.31. The van der Waals surface area contributed by atoms with Gasteiger partial charge in [0.25, 0.3) is 0 Å². The van der Waals surface area contributed by atoms with Crippen molar-refractivity contribution in [2.24, 2.45) is 0 Å². The van der Waals surface area contributed by atoms with Gasteiger partial charge in [-0.3, -0.25) is 0 Å². The van der Waals surface area contributed by atoms with E-state index >= 15 is 0 Å². The van der Waals surface area contributed by atoms with Crippen molar-refractivity contribution in [3.05, 3.63) is 47.8 Å². The van der Waals surface area contributed by atoms with Crippen LogP contribution in [-0.2, 0) is 13.0 Å². The molecule has 1 aliphatic heterocycles. The molecule has 0 N–H and O–H groups in total. The smallest absolute Gasteiger partial charge is 0.225 e. The van der Waals surface area contributed by atoms with Gasteiger partial charge in [0.15, 0.2) is 0 Å². The highest BCUT2D eigenvalue weighted by Gasteiger charge is 2.18. The molecule has 104 valence electrons. The minimum Gasteiger partial charge on any atom is -0.494 e. The molecule has 20 heavy (non-hydrogen) atoms. The van der Waals surface area contributed by atoms with Gasteiger partial charge in [0.2, 0.25) is 5.95 Å². The fourth-order valence-electron chi connectivity index (χ4n) is 2.46. The minimum absolute atomic E-state index is 0.781. The molecule has 0 atom stereocenters. The van der Waals surface area contributed by atoms with Crippen molar-refractivity contribution in [2.45, 2.75) is 26.3 Å². The van der Waals surface area contributed by atoms with Gasteiger partial charge < -0.3 is 9.64 Å². The van der Waals surface area contributed by atoms with Crippen LogP contribution in [-0.4, -0.2) is 23.1 Å². The predicted molar refractivity (Wildman–Crippen MR) is 79.0 cm³/mol. The van der Waals surface area contributed by atoms with E-state index in [1.54, 1.807) is 12.4 Å². The van der Waals surface area contributed by atoms with E-state index in [2.05, 4.69) is 40.0 Å². The van der Waals surface area contributed by atoms with Crippen molar-refractivity contribution in [2.75, 3.05) is 18.1 Å². The topological polar surface area (TPSA) is 38.2 Å². The van der Waals surface area contributed by atoms with Crippen LogP contribution in [0.5, 0.6) is 5.75 Å². The van der Waals surface area contributed by atoms with E-state index < -0.39 is 0 Å². The summed E-state index contributed by atoms with van der Waals surface area (Å²) in [4.78, 5) is 10.9. The first kappa shape index (κ1) is 12.9. The number of benzene rings is 1. The van der Waals surface area contributed by atoms with Gasteiger partial charge >= 0.3 is 0 Å². The Morgan fingerprint density at radius 1 is 1.20 bits per heavy atom. The summed E-state index contributed by atoms with van der Waals surface area (Å²) in [5, 5.41) is 0. The van der Waals surface area contributed by atoms with E-state index in [4.69, 9.17) is 4.74 Å². The number of hydrogen-bond acceptors (Lipinski definition) is 4. The van der Waals surface area contributed by atoms with Crippen molar-refractivity contribution in [3.63, 3.8) is 0 Å². The molecule has 2 heterocycles. The van der Waals surface area contributed by atoms with Crippen LogP contribution in [0.1, 0.15) is 24.5 Å². The van der Waals surface area contributed by atoms with Crippen LogP contribution in [0.2, 0.25) is 0 Å². The Balaban J connectivity index is 1.75. The van der Waals surface area contributed by atoms with Crippen LogP contribution >= 0.6 is 0 Å². The van der Waals surface area contributed by atoms with E-state index in [1.807, 2.05) is 6.07 Å². The van der Waals surface area contributed by atoms with Gasteiger partial charge in [-0.2, -0.15) is 0 Å². The van der Waals surface area contributed by atoms with Crippen LogP contribution in [0.3, 0.4) is 0 Å². The molecule has 4 nitrogen and oxygen atoms in total. The molecule has 2 aromatic rings. The highest BCUT2D eigenvalue weighted by Crippen LogP contribution is 2.25. The van der Waals surface area contributed by atoms with Gasteiger partial charge in [-0.1, -0.05) is 13.0 Å². The number of aromatic nitrogens is 2. The average molecular weight is 269 g/mol. The fraction of sp³-hybridized carbons (Fsp3) is 0.375. The first-order valence-corrected chi connectivity index (χ1v) is 7.13. The second-order valence-corrected chi connectivity index (χ2v) is 5.00. The van der Waals surface area contributed by atoms with Crippen LogP contribution in [0.4, 0.5) is 5.95 Å². The molecular weight excluding hydrogens is 250 g/mol. The highest BCUT2D eigenvalue weighted by atomic mass is 16.5. The Morgan fingerprint density at radius 3 is 2.85 bits per heavy atom. The number of ether oxygens (including phenoxy) is 1. The molecule has 0 bridgehead atoms. The van der Waals surface area contributed by atoms with Crippen molar-refractivity contribution >= 4 is 5.95 Å². The number of fused-ring (bicyclic) bond motifs is 1. The summed E-state index contributed by atoms with van der Waals surface area (Å²) in [5.74, 6) is 1.79. The molecule has 0 fully saturated rings. The highest BCUT2D eigenvalue weighted by molar-refractivity contribution is 5.43. The van der Waals surface area contributed by atoms with Crippen molar-refractivity contribution in [1.82, 2.24) is 9.97 Å². The molecule has 0 aliphatic carbocycles. The molecule has 1 aromatic carbocycles. The first-order valence-electron chi connectivity index (χ1n) is 7.13. The van der Waals surface area contributed by atoms with Gasteiger partial charge in [0.1, 0.15) is 5.75 Å². The predicted octanol–water partition coefficient (Wildman–Crippen LogP) is 2.83. The average Bonchev–Trinajstić information content (AvgIpc) is 2.53. The van der Waals surface area contributed by atoms with E-state index in [0.717, 1.165) is 44.2 Å². The summed E-state index contributed by atoms with van der Waals surface area (Å²) < 4.78 is 5.69. The fourth-order valence-corrected chi connectivity index (χ4v) is 2.46. The molecule has 4 heteroatoms. The second-order valence-electron chi connectivity index (χ2n) is 5.00. The van der Waals surface area contributed by atoms with Gasteiger partial charge in [-0.15, -0.1) is 0 Å². The SMILES string of the molecule is CCCOc1ccc2c(c1)CCN(c1ncccn1)C2. The lowest BCUT2D eigenvalue weighted by atomic mass is 10.00. The van der Waals surface area contributed by atoms with Gasteiger partial charge in [-0.05, 0) is 42.2 Å². The maximum atomic E-state index is 5.69. The number of nitrogens with zero attached hydrogens (tertiary/aromatic N) is 3. The van der Waals surface area contributed by atoms with E-state index in [1.165, 1.54) is 11.1 Å². The molecule has 0 unspecified atom stereocenters. The summed E-state index contributed by atoms with van der Waals surface area (Å²) in [7, 11) is 0. The molecule has 3 rings (SSSR count). The molecule has 0 saturated carbocycles. The maximum Gasteiger partial charge on any atom is 0.225 e. The zero-order valence-corrected chi connectivity index (χ0v) is 11.7. The van der Waals surface area contributed by atoms with E-state index in [-0.39, 0.29) is 0 Å². The third-order valence-corrected chi connectivity index (χ3v) is 3.50. The molecule has 1 aromatic heterocycles. The summed E-state index contributed by atoms with van der Waals surface area (Å²) in [6.07, 6.45) is 5.63. The van der Waals surface area contributed by atoms with Crippen LogP contribution < -0.4 is 9.64 Å². The summed E-state index contributed by atoms with van der Waals surface area (Å²) in [6.45, 7) is 4.72. The Morgan fingerprint density at radius 2 is 2.05 bits per heavy atom. The van der Waals surface area contributed by atoms with Crippen molar-refractivity contribution < 1.29 is 4.74 Å². The Kier molecular flexibility index (Phi) is 3.81. The summed E-state index contributed by atoms with van der Waals surface area (Å²) in [5.41, 5.74) is 2.72. The minimum atomic E-state index is 0.781. The van der Waals surface area contributed by atoms with Gasteiger partial charge in [0.05, 0.1) is 6.61 Å². The molecule has 0 radical (unpaired) electrons. The third-order valence-electron chi connectivity index (χ3n) is 3.50. The monoisotopic (exact) mass is 269 g/mol. The second kappa shape index (κ2) is 5.90. The summed E-state index contributed by atoms with van der Waals surface area (Å²) in [6, 6.07) is 8.24. The normalized spacial score (nSPS) is 13.9.